The van der Waals surface area contributed by atoms with Crippen LogP contribution < -0.4 is 10.2 Å². The molecule has 0 fully saturated rings. The van der Waals surface area contributed by atoms with E-state index in [2.05, 4.69) is 10.5 Å². The number of carbonyl (C=O) groups excluding carboxylic acids is 1. The molecule has 7 nitrogen and oxygen atoms in total. The Morgan fingerprint density at radius 2 is 2.08 bits per heavy atom. The molecular formula is C18H18ClN3O4. The molecule has 2 rings (SSSR count). The van der Waals surface area contributed by atoms with Gasteiger partial charge in [0.15, 0.2) is 6.10 Å². The summed E-state index contributed by atoms with van der Waals surface area (Å²) in [7, 11) is 0. The van der Waals surface area contributed by atoms with Crippen LogP contribution in [0.5, 0.6) is 5.75 Å². The number of ether oxygens (including phenoxy) is 1. The predicted octanol–water partition coefficient (Wildman–Crippen LogP) is 3.95. The van der Waals surface area contributed by atoms with E-state index in [1.165, 1.54) is 18.3 Å². The molecule has 1 amide bonds. The van der Waals surface area contributed by atoms with Crippen LogP contribution in [0.15, 0.2) is 53.6 Å². The second-order valence-corrected chi connectivity index (χ2v) is 5.87. The van der Waals surface area contributed by atoms with Crippen LogP contribution in [0.3, 0.4) is 0 Å². The molecule has 1 N–H and O–H groups in total. The van der Waals surface area contributed by atoms with Crippen LogP contribution >= 0.6 is 11.6 Å². The van der Waals surface area contributed by atoms with Crippen molar-refractivity contribution in [1.29, 1.82) is 0 Å². The second kappa shape index (κ2) is 9.53. The number of amides is 1. The molecule has 136 valence electrons. The standard InChI is InChI=1S/C18H18ClN3O4/c1-2-4-17(26-16-9-7-14(19)8-10-16)18(23)21-20-12-13-5-3-6-15(11-13)22(24)25/h3,5-12,17H,2,4H2,1H3,(H,21,23). The molecule has 0 spiro atoms. The molecule has 0 bridgehead atoms. The van der Waals surface area contributed by atoms with Crippen molar-refractivity contribution in [3.8, 4) is 5.75 Å². The minimum Gasteiger partial charge on any atom is -0.481 e. The van der Waals surface area contributed by atoms with Gasteiger partial charge in [0.05, 0.1) is 11.1 Å². The van der Waals surface area contributed by atoms with E-state index in [-0.39, 0.29) is 5.69 Å². The number of benzene rings is 2. The summed E-state index contributed by atoms with van der Waals surface area (Å²) >= 11 is 5.83. The molecule has 1 atom stereocenters. The van der Waals surface area contributed by atoms with Gasteiger partial charge in [0.25, 0.3) is 11.6 Å². The van der Waals surface area contributed by atoms with Crippen LogP contribution in [0.1, 0.15) is 25.3 Å². The first-order chi connectivity index (χ1) is 12.5. The third kappa shape index (κ3) is 5.86. The number of nitrogens with zero attached hydrogens (tertiary/aromatic N) is 2. The van der Waals surface area contributed by atoms with Gasteiger partial charge in [-0.3, -0.25) is 14.9 Å². The number of rotatable bonds is 8. The molecule has 2 aromatic rings. The molecule has 8 heteroatoms. The number of carbonyl (C=O) groups is 1. The lowest BCUT2D eigenvalue weighted by Gasteiger charge is -2.16. The molecule has 26 heavy (non-hydrogen) atoms. The highest BCUT2D eigenvalue weighted by Gasteiger charge is 2.19. The van der Waals surface area contributed by atoms with Gasteiger partial charge in [-0.05, 0) is 30.7 Å². The van der Waals surface area contributed by atoms with Gasteiger partial charge in [-0.1, -0.05) is 37.1 Å². The van der Waals surface area contributed by atoms with Crippen molar-refractivity contribution in [3.05, 3.63) is 69.2 Å². The van der Waals surface area contributed by atoms with Gasteiger partial charge in [-0.15, -0.1) is 0 Å². The van der Waals surface area contributed by atoms with E-state index in [4.69, 9.17) is 16.3 Å². The van der Waals surface area contributed by atoms with Crippen LogP contribution in [-0.4, -0.2) is 23.1 Å². The summed E-state index contributed by atoms with van der Waals surface area (Å²) in [6.07, 6.45) is 1.90. The van der Waals surface area contributed by atoms with Gasteiger partial charge in [-0.25, -0.2) is 5.43 Å². The fraction of sp³-hybridized carbons (Fsp3) is 0.222. The minimum absolute atomic E-state index is 0.0461. The Labute approximate surface area is 155 Å². The maximum Gasteiger partial charge on any atom is 0.281 e. The van der Waals surface area contributed by atoms with Crippen LogP contribution in [-0.2, 0) is 4.79 Å². The summed E-state index contributed by atoms with van der Waals surface area (Å²) in [5.41, 5.74) is 2.86. The van der Waals surface area contributed by atoms with Crippen LogP contribution in [0.2, 0.25) is 5.02 Å². The minimum atomic E-state index is -0.705. The fourth-order valence-electron chi connectivity index (χ4n) is 2.14. The summed E-state index contributed by atoms with van der Waals surface area (Å²) in [4.78, 5) is 22.6. The molecule has 1 unspecified atom stereocenters. The third-order valence-electron chi connectivity index (χ3n) is 3.40. The Bertz CT molecular complexity index is 793. The molecule has 0 aliphatic rings. The van der Waals surface area contributed by atoms with Crippen molar-refractivity contribution in [2.75, 3.05) is 0 Å². The summed E-state index contributed by atoms with van der Waals surface area (Å²) in [6, 6.07) is 12.7. The number of halogens is 1. The number of hydrogen-bond acceptors (Lipinski definition) is 5. The highest BCUT2D eigenvalue weighted by atomic mass is 35.5. The van der Waals surface area contributed by atoms with E-state index >= 15 is 0 Å². The highest BCUT2D eigenvalue weighted by Crippen LogP contribution is 2.18. The maximum atomic E-state index is 12.3. The number of non-ortho nitro benzene ring substituents is 1. The van der Waals surface area contributed by atoms with Crippen molar-refractivity contribution < 1.29 is 14.5 Å². The second-order valence-electron chi connectivity index (χ2n) is 5.44. The first-order valence-electron chi connectivity index (χ1n) is 7.99. The number of hydrogen-bond donors (Lipinski definition) is 1. The molecule has 0 aliphatic carbocycles. The molecule has 0 saturated carbocycles. The molecule has 0 aromatic heterocycles. The van der Waals surface area contributed by atoms with Gasteiger partial charge < -0.3 is 4.74 Å². The lowest BCUT2D eigenvalue weighted by molar-refractivity contribution is -0.384. The van der Waals surface area contributed by atoms with E-state index in [9.17, 15) is 14.9 Å². The normalized spacial score (nSPS) is 11.9. The van der Waals surface area contributed by atoms with Crippen molar-refractivity contribution in [2.45, 2.75) is 25.9 Å². The maximum absolute atomic E-state index is 12.3. The highest BCUT2D eigenvalue weighted by molar-refractivity contribution is 6.30. The van der Waals surface area contributed by atoms with E-state index in [1.807, 2.05) is 6.92 Å². The van der Waals surface area contributed by atoms with Crippen molar-refractivity contribution in [2.24, 2.45) is 5.10 Å². The number of nitro benzene ring substituents is 1. The quantitative estimate of drug-likeness (QED) is 0.429. The van der Waals surface area contributed by atoms with Crippen molar-refractivity contribution in [1.82, 2.24) is 5.43 Å². The lowest BCUT2D eigenvalue weighted by Crippen LogP contribution is -2.35. The van der Waals surface area contributed by atoms with Gasteiger partial charge in [-0.2, -0.15) is 5.10 Å². The molecule has 0 radical (unpaired) electrons. The predicted molar refractivity (Wildman–Crippen MR) is 99.6 cm³/mol. The zero-order valence-corrected chi connectivity index (χ0v) is 14.8. The van der Waals surface area contributed by atoms with E-state index in [0.717, 1.165) is 6.42 Å². The number of nitro groups is 1. The van der Waals surface area contributed by atoms with Crippen LogP contribution in [0.4, 0.5) is 5.69 Å². The SMILES string of the molecule is CCCC(Oc1ccc(Cl)cc1)C(=O)NN=Cc1cccc([N+](=O)[O-])c1. The van der Waals surface area contributed by atoms with Crippen LogP contribution in [0, 0.1) is 10.1 Å². The summed E-state index contributed by atoms with van der Waals surface area (Å²) in [5, 5.41) is 15.2. The molecule has 0 saturated heterocycles. The molecule has 0 heterocycles. The number of nitrogens with one attached hydrogen (secondary N) is 1. The van der Waals surface area contributed by atoms with Gasteiger partial charge in [0.2, 0.25) is 0 Å². The molecule has 2 aromatic carbocycles. The molecular weight excluding hydrogens is 358 g/mol. The van der Waals surface area contributed by atoms with E-state index in [0.29, 0.717) is 22.8 Å². The Morgan fingerprint density at radius 3 is 2.73 bits per heavy atom. The fourth-order valence-corrected chi connectivity index (χ4v) is 2.27. The van der Waals surface area contributed by atoms with Gasteiger partial charge in [0.1, 0.15) is 5.75 Å². The number of hydrazone groups is 1. The summed E-state index contributed by atoms with van der Waals surface area (Å²) < 4.78 is 5.69. The summed E-state index contributed by atoms with van der Waals surface area (Å²) in [5.74, 6) is 0.133. The monoisotopic (exact) mass is 375 g/mol. The molecule has 0 aliphatic heterocycles. The smallest absolute Gasteiger partial charge is 0.281 e. The van der Waals surface area contributed by atoms with Crippen molar-refractivity contribution in [3.63, 3.8) is 0 Å². The van der Waals surface area contributed by atoms with Gasteiger partial charge in [0, 0.05) is 22.7 Å². The van der Waals surface area contributed by atoms with Gasteiger partial charge >= 0.3 is 0 Å². The zero-order valence-electron chi connectivity index (χ0n) is 14.1. The van der Waals surface area contributed by atoms with E-state index < -0.39 is 16.9 Å². The zero-order chi connectivity index (χ0) is 18.9. The Kier molecular flexibility index (Phi) is 7.11. The van der Waals surface area contributed by atoms with E-state index in [1.54, 1.807) is 36.4 Å². The topological polar surface area (TPSA) is 93.8 Å². The largest absolute Gasteiger partial charge is 0.481 e. The van der Waals surface area contributed by atoms with Crippen LogP contribution in [0.25, 0.3) is 0 Å². The summed E-state index contributed by atoms with van der Waals surface area (Å²) in [6.45, 7) is 1.94. The Morgan fingerprint density at radius 1 is 1.35 bits per heavy atom. The average molecular weight is 376 g/mol. The third-order valence-corrected chi connectivity index (χ3v) is 3.66. The van der Waals surface area contributed by atoms with Crippen molar-refractivity contribution >= 4 is 29.4 Å². The first kappa shape index (κ1) is 19.4. The average Bonchev–Trinajstić information content (AvgIpc) is 2.63. The Hall–Kier alpha value is -2.93. The Balaban J connectivity index is 1.99. The first-order valence-corrected chi connectivity index (χ1v) is 8.37. The lowest BCUT2D eigenvalue weighted by atomic mass is 10.2.